The lowest BCUT2D eigenvalue weighted by Crippen LogP contribution is -2.31. The zero-order valence-corrected chi connectivity index (χ0v) is 21.8. The van der Waals surface area contributed by atoms with Crippen LogP contribution in [0.15, 0.2) is 48.7 Å². The molecule has 1 aromatic heterocycles. The minimum absolute atomic E-state index is 0.0934. The molecule has 2 aromatic carbocycles. The van der Waals surface area contributed by atoms with Crippen molar-refractivity contribution in [3.05, 3.63) is 59.8 Å². The molecule has 2 atom stereocenters. The molecule has 1 saturated carbocycles. The molecule has 0 spiro atoms. The van der Waals surface area contributed by atoms with E-state index in [4.69, 9.17) is 0 Å². The molecule has 1 aliphatic carbocycles. The Bertz CT molecular complexity index is 1370. The average Bonchev–Trinajstić information content (AvgIpc) is 3.25. The molecule has 4 rings (SSSR count). The smallest absolute Gasteiger partial charge is 0.347 e. The van der Waals surface area contributed by atoms with Crippen molar-refractivity contribution < 1.29 is 21.6 Å². The maximum Gasteiger partial charge on any atom is 0.417 e. The number of halogens is 3. The van der Waals surface area contributed by atoms with E-state index in [0.717, 1.165) is 22.5 Å². The molecule has 0 radical (unpaired) electrons. The van der Waals surface area contributed by atoms with Crippen molar-refractivity contribution in [2.75, 3.05) is 0 Å². The zero-order chi connectivity index (χ0) is 26.0. The van der Waals surface area contributed by atoms with Crippen LogP contribution in [0.1, 0.15) is 65.1 Å². The van der Waals surface area contributed by atoms with Gasteiger partial charge < -0.3 is 4.57 Å². The molecule has 190 valence electrons. The van der Waals surface area contributed by atoms with Gasteiger partial charge in [0.2, 0.25) is 10.0 Å². The Morgan fingerprint density at radius 3 is 2.31 bits per heavy atom. The first-order valence-electron chi connectivity index (χ1n) is 11.8. The summed E-state index contributed by atoms with van der Waals surface area (Å²) in [4.78, 5) is 0. The second-order valence-electron chi connectivity index (χ2n) is 11.6. The molecule has 1 unspecified atom stereocenters. The van der Waals surface area contributed by atoms with Crippen LogP contribution in [0.25, 0.3) is 22.0 Å². The topological polar surface area (TPSA) is 51.1 Å². The fourth-order valence-electron chi connectivity index (χ4n) is 4.80. The summed E-state index contributed by atoms with van der Waals surface area (Å²) in [6, 6.07) is 10.4. The fourth-order valence-corrected chi connectivity index (χ4v) is 7.07. The lowest BCUT2D eigenvalue weighted by molar-refractivity contribution is -0.137. The summed E-state index contributed by atoms with van der Waals surface area (Å²) in [6.45, 7) is 12.6. The number of aromatic nitrogens is 1. The van der Waals surface area contributed by atoms with E-state index in [9.17, 15) is 21.6 Å². The zero-order valence-electron chi connectivity index (χ0n) is 21.0. The number of hydrogen-bond donors (Lipinski definition) is 1. The van der Waals surface area contributed by atoms with Gasteiger partial charge in [-0.3, -0.25) is 0 Å². The monoisotopic (exact) mass is 506 g/mol. The van der Waals surface area contributed by atoms with E-state index in [1.807, 2.05) is 31.5 Å². The van der Waals surface area contributed by atoms with Gasteiger partial charge in [-0.15, -0.1) is 0 Å². The summed E-state index contributed by atoms with van der Waals surface area (Å²) in [5, 5.41) is 0.415. The van der Waals surface area contributed by atoms with Crippen molar-refractivity contribution in [1.82, 2.24) is 9.29 Å². The van der Waals surface area contributed by atoms with Crippen LogP contribution in [0.2, 0.25) is 0 Å². The second-order valence-corrected chi connectivity index (χ2v) is 13.5. The molecule has 8 heteroatoms. The molecular weight excluding hydrogens is 473 g/mol. The highest BCUT2D eigenvalue weighted by Gasteiger charge is 2.54. The minimum atomic E-state index is -4.46. The van der Waals surface area contributed by atoms with E-state index in [0.29, 0.717) is 18.5 Å². The quantitative estimate of drug-likeness (QED) is 0.386. The number of rotatable bonds is 6. The number of sulfonamides is 1. The van der Waals surface area contributed by atoms with Crippen LogP contribution in [0.4, 0.5) is 13.2 Å². The van der Waals surface area contributed by atoms with Crippen LogP contribution in [-0.2, 0) is 22.7 Å². The Hall–Kier alpha value is -2.32. The first kappa shape index (κ1) is 25.8. The molecule has 1 heterocycles. The summed E-state index contributed by atoms with van der Waals surface area (Å²) in [7, 11) is -3.49. The Morgan fingerprint density at radius 2 is 1.74 bits per heavy atom. The molecule has 4 nitrogen and oxygen atoms in total. The maximum atomic E-state index is 13.7. The van der Waals surface area contributed by atoms with Crippen LogP contribution in [0, 0.1) is 10.8 Å². The van der Waals surface area contributed by atoms with E-state index >= 15 is 0 Å². The second kappa shape index (κ2) is 8.37. The van der Waals surface area contributed by atoms with E-state index in [2.05, 4.69) is 25.5 Å². The van der Waals surface area contributed by atoms with Crippen LogP contribution in [0.5, 0.6) is 0 Å². The maximum absolute atomic E-state index is 13.7. The van der Waals surface area contributed by atoms with Gasteiger partial charge in [0, 0.05) is 29.7 Å². The Morgan fingerprint density at radius 1 is 1.11 bits per heavy atom. The predicted molar refractivity (Wildman–Crippen MR) is 134 cm³/mol. The largest absolute Gasteiger partial charge is 0.417 e. The van der Waals surface area contributed by atoms with Crippen molar-refractivity contribution >= 4 is 20.9 Å². The van der Waals surface area contributed by atoms with Crippen LogP contribution < -0.4 is 4.72 Å². The molecule has 1 fully saturated rings. The van der Waals surface area contributed by atoms with Gasteiger partial charge in [0.05, 0.1) is 10.8 Å². The first-order valence-corrected chi connectivity index (χ1v) is 13.3. The van der Waals surface area contributed by atoms with Gasteiger partial charge >= 0.3 is 6.18 Å². The lowest BCUT2D eigenvalue weighted by atomic mass is 9.96. The minimum Gasteiger partial charge on any atom is -0.347 e. The fraction of sp³-hybridized carbons (Fsp3) is 0.481. The van der Waals surface area contributed by atoms with Gasteiger partial charge in [0.15, 0.2) is 0 Å². The molecule has 1 aliphatic rings. The van der Waals surface area contributed by atoms with Crippen molar-refractivity contribution in [3.63, 3.8) is 0 Å². The number of nitrogens with one attached hydrogen (secondary N) is 1. The van der Waals surface area contributed by atoms with Crippen molar-refractivity contribution in [2.24, 2.45) is 10.8 Å². The van der Waals surface area contributed by atoms with Gasteiger partial charge in [0.25, 0.3) is 0 Å². The number of fused-ring (bicyclic) bond motifs is 1. The third-order valence-corrected chi connectivity index (χ3v) is 8.94. The predicted octanol–water partition coefficient (Wildman–Crippen LogP) is 7.15. The molecule has 35 heavy (non-hydrogen) atoms. The molecular formula is C27H33F3N2O2S. The molecule has 0 aliphatic heterocycles. The summed E-state index contributed by atoms with van der Waals surface area (Å²) in [6.07, 6.45) is -1.91. The normalized spacial score (nSPS) is 19.2. The third kappa shape index (κ3) is 5.28. The van der Waals surface area contributed by atoms with Gasteiger partial charge in [-0.2, -0.15) is 13.2 Å². The molecule has 1 N–H and O–H groups in total. The highest BCUT2D eigenvalue weighted by Crippen LogP contribution is 2.50. The molecule has 3 aromatic rings. The first-order chi connectivity index (χ1) is 16.0. The highest BCUT2D eigenvalue weighted by molar-refractivity contribution is 7.90. The van der Waals surface area contributed by atoms with Crippen LogP contribution >= 0.6 is 0 Å². The summed E-state index contributed by atoms with van der Waals surface area (Å²) in [5.41, 5.74) is 1.18. The number of hydrogen-bond acceptors (Lipinski definition) is 2. The SMILES string of the molecule is C[C@@H](NS(=O)(=O)C1CC1(C)C)c1cn(CC(C)(C)C)c2cc(-c3ccccc3C(F)(F)F)ccc12. The summed E-state index contributed by atoms with van der Waals surface area (Å²) in [5.74, 6) is 0. The Balaban J connectivity index is 1.80. The summed E-state index contributed by atoms with van der Waals surface area (Å²) >= 11 is 0. The summed E-state index contributed by atoms with van der Waals surface area (Å²) < 4.78 is 71.7. The van der Waals surface area contributed by atoms with E-state index < -0.39 is 33.1 Å². The van der Waals surface area contributed by atoms with E-state index in [1.54, 1.807) is 24.3 Å². The van der Waals surface area contributed by atoms with Gasteiger partial charge in [-0.25, -0.2) is 13.1 Å². The molecule has 0 saturated heterocycles. The molecule has 0 bridgehead atoms. The van der Waals surface area contributed by atoms with Gasteiger partial charge in [-0.1, -0.05) is 65.0 Å². The highest BCUT2D eigenvalue weighted by atomic mass is 32.2. The lowest BCUT2D eigenvalue weighted by Gasteiger charge is -2.20. The van der Waals surface area contributed by atoms with Crippen molar-refractivity contribution in [3.8, 4) is 11.1 Å². The Kier molecular flexibility index (Phi) is 6.16. The number of benzene rings is 2. The van der Waals surface area contributed by atoms with E-state index in [-0.39, 0.29) is 16.4 Å². The van der Waals surface area contributed by atoms with Crippen LogP contribution in [0.3, 0.4) is 0 Å². The third-order valence-electron chi connectivity index (χ3n) is 6.71. The van der Waals surface area contributed by atoms with E-state index in [1.165, 1.54) is 12.1 Å². The number of alkyl halides is 3. The van der Waals surface area contributed by atoms with Crippen LogP contribution in [-0.4, -0.2) is 18.2 Å². The van der Waals surface area contributed by atoms with Crippen molar-refractivity contribution in [1.29, 1.82) is 0 Å². The molecule has 0 amide bonds. The van der Waals surface area contributed by atoms with Crippen molar-refractivity contribution in [2.45, 2.75) is 72.0 Å². The standard InChI is InChI=1S/C27H33F3N2O2S/c1-17(31-35(33,34)24-14-26(24,5)6)21-15-32(16-25(2,3)4)23-13-18(11-12-20(21)23)19-9-7-8-10-22(19)27(28,29)30/h7-13,15,17,24,31H,14,16H2,1-6H3/t17-,24?/m1/s1. The van der Waals surface area contributed by atoms with Gasteiger partial charge in [-0.05, 0) is 53.0 Å². The average molecular weight is 507 g/mol. The van der Waals surface area contributed by atoms with Gasteiger partial charge in [0.1, 0.15) is 0 Å². The number of nitrogens with zero attached hydrogens (tertiary/aromatic N) is 1. The Labute approximate surface area is 205 Å².